The summed E-state index contributed by atoms with van der Waals surface area (Å²) in [6.07, 6.45) is -0.410. The highest BCUT2D eigenvalue weighted by Crippen LogP contribution is 2.24. The zero-order valence-corrected chi connectivity index (χ0v) is 8.30. The minimum Gasteiger partial charge on any atom is -0.506 e. The highest BCUT2D eigenvalue weighted by atomic mass is 16.4. The lowest BCUT2D eigenvalue weighted by Crippen LogP contribution is -2.32. The molecule has 0 unspecified atom stereocenters. The van der Waals surface area contributed by atoms with Crippen LogP contribution in [-0.4, -0.2) is 28.0 Å². The zero-order valence-electron chi connectivity index (χ0n) is 9.30. The molecule has 0 fully saturated rings. The van der Waals surface area contributed by atoms with Gasteiger partial charge < -0.3 is 21.7 Å². The fourth-order valence-electron chi connectivity index (χ4n) is 1.18. The smallest absolute Gasteiger partial charge is 0.320 e. The van der Waals surface area contributed by atoms with Gasteiger partial charge in [-0.25, -0.2) is 0 Å². The highest BCUT2D eigenvalue weighted by molar-refractivity contribution is 6.03. The maximum Gasteiger partial charge on any atom is 0.320 e. The Balaban J connectivity index is 2.90. The Morgan fingerprint density at radius 2 is 2.19 bits per heavy atom. The summed E-state index contributed by atoms with van der Waals surface area (Å²) in [5.74, 6) is -2.08. The van der Waals surface area contributed by atoms with Crippen molar-refractivity contribution in [3.8, 4) is 5.75 Å². The van der Waals surface area contributed by atoms with Crippen molar-refractivity contribution in [2.24, 2.45) is 5.73 Å². The molecule has 0 aliphatic carbocycles. The lowest BCUT2D eigenvalue weighted by molar-refractivity contribution is -0.138. The van der Waals surface area contributed by atoms with Crippen molar-refractivity contribution in [2.75, 3.05) is 5.73 Å². The van der Waals surface area contributed by atoms with Gasteiger partial charge in [0.15, 0.2) is 5.78 Å². The number of aromatic hydroxyl groups is 1. The first kappa shape index (κ1) is 10.4. The van der Waals surface area contributed by atoms with E-state index >= 15 is 0 Å². The Kier molecular flexibility index (Phi) is 3.02. The van der Waals surface area contributed by atoms with Crippen molar-refractivity contribution >= 4 is 17.4 Å². The Bertz CT molecular complexity index is 450. The summed E-state index contributed by atoms with van der Waals surface area (Å²) in [5, 5.41) is 18.0. The number of phenols is 1. The Morgan fingerprint density at radius 1 is 1.50 bits per heavy atom. The molecule has 0 radical (unpaired) electrons. The van der Waals surface area contributed by atoms with Crippen molar-refractivity contribution in [3.63, 3.8) is 0 Å². The maximum absolute atomic E-state index is 11.7. The standard InChI is InChI=1S/C10H12N2O4/c11-6(10(15)16)4-8(14)5-2-1-3-7(13)9(5)12/h1-3,6,13H,4,11-12H2,(H,15,16)/t6-/m0/s1/i/hD. The van der Waals surface area contributed by atoms with Gasteiger partial charge in [0.1, 0.15) is 13.2 Å². The number of benzene rings is 1. The minimum absolute atomic E-state index is 0.0477. The van der Waals surface area contributed by atoms with E-state index in [1.165, 1.54) is 18.2 Å². The van der Waals surface area contributed by atoms with E-state index < -0.39 is 24.2 Å². The molecule has 0 heterocycles. The summed E-state index contributed by atoms with van der Waals surface area (Å²) in [4.78, 5) is 22.3. The first-order valence-corrected chi connectivity index (χ1v) is 4.48. The van der Waals surface area contributed by atoms with Gasteiger partial charge >= 0.3 is 5.97 Å². The normalized spacial score (nSPS) is 12.9. The van der Waals surface area contributed by atoms with Crippen molar-refractivity contribution in [3.05, 3.63) is 23.8 Å². The van der Waals surface area contributed by atoms with Crippen LogP contribution in [0.4, 0.5) is 5.69 Å². The number of hydrogen-bond acceptors (Lipinski definition) is 5. The van der Waals surface area contributed by atoms with Gasteiger partial charge in [-0.3, -0.25) is 9.59 Å². The molecule has 0 spiro atoms. The predicted octanol–water partition coefficient (Wildman–Crippen LogP) is -0.0409. The molecule has 6 heteroatoms. The van der Waals surface area contributed by atoms with E-state index in [0.717, 1.165) is 0 Å². The third-order valence-corrected chi connectivity index (χ3v) is 2.07. The zero-order chi connectivity index (χ0) is 13.0. The molecule has 6 N–H and O–H groups in total. The van der Waals surface area contributed by atoms with Crippen LogP contribution in [0.1, 0.15) is 16.8 Å². The average Bonchev–Trinajstić information content (AvgIpc) is 2.28. The molecule has 1 aromatic rings. The summed E-state index contributed by atoms with van der Waals surface area (Å²) in [6, 6.07) is 2.84. The third kappa shape index (κ3) is 2.48. The number of nitrogen functional groups attached to an aromatic ring is 1. The first-order valence-electron chi connectivity index (χ1n) is 4.98. The van der Waals surface area contributed by atoms with Gasteiger partial charge in [0, 0.05) is 12.0 Å². The van der Waals surface area contributed by atoms with Crippen molar-refractivity contribution in [1.82, 2.24) is 0 Å². The number of carbonyl (C=O) groups excluding carboxylic acids is 1. The summed E-state index contributed by atoms with van der Waals surface area (Å²) in [5.41, 5.74) is 7.21. The quantitative estimate of drug-likeness (QED) is 0.316. The van der Waals surface area contributed by atoms with Crippen molar-refractivity contribution in [1.29, 1.82) is 0 Å². The van der Waals surface area contributed by atoms with Crippen LogP contribution in [0.15, 0.2) is 18.2 Å². The van der Waals surface area contributed by atoms with Gasteiger partial charge in [-0.05, 0) is 12.1 Å². The summed E-state index contributed by atoms with van der Waals surface area (Å²) < 4.78 is 6.78. The van der Waals surface area contributed by atoms with Crippen molar-refractivity contribution in [2.45, 2.75) is 12.5 Å². The SMILES string of the molecule is [2H]N[C@@H](CC(=O)c1cccc(O)c1N)C(=O)O. The fraction of sp³-hybridized carbons (Fsp3) is 0.200. The Morgan fingerprint density at radius 3 is 2.75 bits per heavy atom. The van der Waals surface area contributed by atoms with Crippen LogP contribution in [0.25, 0.3) is 0 Å². The molecule has 1 rings (SSSR count). The lowest BCUT2D eigenvalue weighted by atomic mass is 10.0. The van der Waals surface area contributed by atoms with Crippen LogP contribution >= 0.6 is 0 Å². The van der Waals surface area contributed by atoms with Gasteiger partial charge in [-0.15, -0.1) is 0 Å². The molecule has 16 heavy (non-hydrogen) atoms. The van der Waals surface area contributed by atoms with Crippen LogP contribution in [0.2, 0.25) is 1.41 Å². The molecule has 6 nitrogen and oxygen atoms in total. The van der Waals surface area contributed by atoms with E-state index in [1.54, 1.807) is 5.73 Å². The number of para-hydroxylation sites is 1. The number of aliphatic carboxylic acids is 1. The molecule has 0 amide bonds. The molecule has 0 aliphatic rings. The fourth-order valence-corrected chi connectivity index (χ4v) is 1.18. The van der Waals surface area contributed by atoms with Gasteiger partial charge in [-0.1, -0.05) is 6.07 Å². The summed E-state index contributed by atoms with van der Waals surface area (Å²) >= 11 is 0. The van der Waals surface area contributed by atoms with Gasteiger partial charge in [-0.2, -0.15) is 0 Å². The van der Waals surface area contributed by atoms with E-state index in [1.807, 2.05) is 0 Å². The molecule has 86 valence electrons. The Hall–Kier alpha value is -2.08. The minimum atomic E-state index is -1.30. The summed E-state index contributed by atoms with van der Waals surface area (Å²) in [6.45, 7) is 0. The monoisotopic (exact) mass is 225 g/mol. The molecule has 0 bridgehead atoms. The predicted molar refractivity (Wildman–Crippen MR) is 57.1 cm³/mol. The van der Waals surface area contributed by atoms with E-state index in [-0.39, 0.29) is 17.0 Å². The number of carboxylic acid groups (broad SMARTS) is 1. The lowest BCUT2D eigenvalue weighted by Gasteiger charge is -2.08. The van der Waals surface area contributed by atoms with E-state index in [9.17, 15) is 14.7 Å². The van der Waals surface area contributed by atoms with Gasteiger partial charge in [0.05, 0.1) is 5.69 Å². The summed E-state index contributed by atoms with van der Waals surface area (Å²) in [7, 11) is 0. The van der Waals surface area contributed by atoms with E-state index in [4.69, 9.17) is 12.3 Å². The molecular formula is C10H12N2O4. The van der Waals surface area contributed by atoms with Crippen LogP contribution in [0.5, 0.6) is 5.75 Å². The second kappa shape index (κ2) is 4.63. The molecule has 0 saturated carbocycles. The first-order chi connectivity index (χ1) is 7.97. The number of ketones is 1. The number of carbonyl (C=O) groups is 2. The second-order valence-electron chi connectivity index (χ2n) is 3.26. The number of phenolic OH excluding ortho intramolecular Hbond substituents is 1. The van der Waals surface area contributed by atoms with E-state index in [2.05, 4.69) is 0 Å². The third-order valence-electron chi connectivity index (χ3n) is 2.07. The number of rotatable bonds is 5. The number of carboxylic acids is 1. The van der Waals surface area contributed by atoms with Crippen LogP contribution in [-0.2, 0) is 4.79 Å². The molecule has 0 aromatic heterocycles. The van der Waals surface area contributed by atoms with Crippen LogP contribution in [0.3, 0.4) is 0 Å². The molecule has 0 saturated heterocycles. The second-order valence-corrected chi connectivity index (χ2v) is 3.26. The largest absolute Gasteiger partial charge is 0.506 e. The van der Waals surface area contributed by atoms with Crippen molar-refractivity contribution < 1.29 is 21.2 Å². The number of hydrogen-bond donors (Lipinski definition) is 4. The molecule has 1 atom stereocenters. The average molecular weight is 225 g/mol. The maximum atomic E-state index is 11.7. The topological polar surface area (TPSA) is 127 Å². The van der Waals surface area contributed by atoms with E-state index in [0.29, 0.717) is 0 Å². The van der Waals surface area contributed by atoms with Crippen LogP contribution < -0.4 is 11.5 Å². The van der Waals surface area contributed by atoms with Gasteiger partial charge in [0.2, 0.25) is 0 Å². The molecule has 1 aromatic carbocycles. The molecular weight excluding hydrogens is 212 g/mol. The highest BCUT2D eigenvalue weighted by Gasteiger charge is 2.19. The number of nitrogens with two attached hydrogens (primary N) is 2. The number of anilines is 1. The Labute approximate surface area is 92.9 Å². The number of Topliss-reactive ketones (excluding diaryl/α,β-unsaturated/α-hetero) is 1. The van der Waals surface area contributed by atoms with Crippen LogP contribution in [0, 0.1) is 0 Å². The molecule has 0 aliphatic heterocycles. The van der Waals surface area contributed by atoms with Gasteiger partial charge in [0.25, 0.3) is 0 Å².